The number of hydrogen-bond acceptors (Lipinski definition) is 2. The average molecular weight is 279 g/mol. The van der Waals surface area contributed by atoms with Crippen molar-refractivity contribution in [3.63, 3.8) is 0 Å². The molecule has 1 nitrogen and oxygen atoms in total. The van der Waals surface area contributed by atoms with Crippen LogP contribution in [-0.2, 0) is 6.42 Å². The van der Waals surface area contributed by atoms with Gasteiger partial charge >= 0.3 is 0 Å². The molecule has 2 N–H and O–H groups in total. The number of hydrogen-bond donors (Lipinski definition) is 1. The van der Waals surface area contributed by atoms with Crippen LogP contribution in [-0.4, -0.2) is 6.26 Å². The largest absolute Gasteiger partial charge is 0.324 e. The third kappa shape index (κ3) is 3.55. The Bertz CT molecular complexity index is 555. The third-order valence-corrected chi connectivity index (χ3v) is 3.74. The third-order valence-electron chi connectivity index (χ3n) is 3.00. The standard InChI is InChI=1S/C15H15F2NS/c1-19-13-6-3-10(4-7-13)15(18)8-11-2-5-12(16)9-14(11)17/h2-7,9,15H,8,18H2,1H3. The van der Waals surface area contributed by atoms with Crippen LogP contribution in [0.3, 0.4) is 0 Å². The molecule has 0 aliphatic rings. The zero-order valence-corrected chi connectivity index (χ0v) is 11.4. The van der Waals surface area contributed by atoms with Crippen LogP contribution in [0.15, 0.2) is 47.4 Å². The molecule has 0 saturated heterocycles. The van der Waals surface area contributed by atoms with E-state index in [1.165, 1.54) is 12.1 Å². The zero-order valence-electron chi connectivity index (χ0n) is 10.6. The lowest BCUT2D eigenvalue weighted by atomic mass is 9.99. The summed E-state index contributed by atoms with van der Waals surface area (Å²) >= 11 is 1.65. The molecule has 0 aliphatic heterocycles. The summed E-state index contributed by atoms with van der Waals surface area (Å²) in [6.45, 7) is 0. The quantitative estimate of drug-likeness (QED) is 0.858. The van der Waals surface area contributed by atoms with Crippen molar-refractivity contribution >= 4 is 11.8 Å². The highest BCUT2D eigenvalue weighted by Gasteiger charge is 2.11. The normalized spacial score (nSPS) is 12.4. The number of thioether (sulfide) groups is 1. The van der Waals surface area contributed by atoms with E-state index in [-0.39, 0.29) is 6.04 Å². The van der Waals surface area contributed by atoms with E-state index in [0.717, 1.165) is 16.5 Å². The second-order valence-electron chi connectivity index (χ2n) is 4.32. The molecule has 0 radical (unpaired) electrons. The van der Waals surface area contributed by atoms with E-state index in [2.05, 4.69) is 0 Å². The molecule has 0 fully saturated rings. The van der Waals surface area contributed by atoms with Gasteiger partial charge in [-0.05, 0) is 42.0 Å². The SMILES string of the molecule is CSc1ccc(C(N)Cc2ccc(F)cc2F)cc1. The van der Waals surface area contributed by atoms with Gasteiger partial charge in [-0.15, -0.1) is 11.8 Å². The lowest BCUT2D eigenvalue weighted by Gasteiger charge is -2.13. The number of benzene rings is 2. The Morgan fingerprint density at radius 3 is 2.37 bits per heavy atom. The molecule has 2 rings (SSSR count). The second-order valence-corrected chi connectivity index (χ2v) is 5.20. The maximum absolute atomic E-state index is 13.5. The van der Waals surface area contributed by atoms with Gasteiger partial charge in [0.15, 0.2) is 0 Å². The van der Waals surface area contributed by atoms with Crippen LogP contribution in [0.25, 0.3) is 0 Å². The van der Waals surface area contributed by atoms with Crippen LogP contribution >= 0.6 is 11.8 Å². The fourth-order valence-electron chi connectivity index (χ4n) is 1.89. The maximum Gasteiger partial charge on any atom is 0.129 e. The summed E-state index contributed by atoms with van der Waals surface area (Å²) in [6.07, 6.45) is 2.35. The van der Waals surface area contributed by atoms with Crippen molar-refractivity contribution in [2.45, 2.75) is 17.4 Å². The predicted molar refractivity (Wildman–Crippen MR) is 75.2 cm³/mol. The Morgan fingerprint density at radius 2 is 1.79 bits per heavy atom. The molecular weight excluding hydrogens is 264 g/mol. The van der Waals surface area contributed by atoms with Gasteiger partial charge in [0.2, 0.25) is 0 Å². The van der Waals surface area contributed by atoms with Gasteiger partial charge in [0.05, 0.1) is 0 Å². The number of nitrogens with two attached hydrogens (primary N) is 1. The van der Waals surface area contributed by atoms with Crippen LogP contribution in [0.2, 0.25) is 0 Å². The van der Waals surface area contributed by atoms with Crippen LogP contribution < -0.4 is 5.73 Å². The Morgan fingerprint density at radius 1 is 1.11 bits per heavy atom. The topological polar surface area (TPSA) is 26.0 Å². The minimum atomic E-state index is -0.570. The van der Waals surface area contributed by atoms with Crippen molar-refractivity contribution < 1.29 is 8.78 Å². The Balaban J connectivity index is 2.13. The van der Waals surface area contributed by atoms with Crippen molar-refractivity contribution in [3.05, 3.63) is 65.2 Å². The molecule has 2 aromatic carbocycles. The molecule has 100 valence electrons. The van der Waals surface area contributed by atoms with E-state index in [9.17, 15) is 8.78 Å². The fourth-order valence-corrected chi connectivity index (χ4v) is 2.30. The summed E-state index contributed by atoms with van der Waals surface area (Å²) in [6, 6.07) is 11.1. The summed E-state index contributed by atoms with van der Waals surface area (Å²) in [7, 11) is 0. The minimum absolute atomic E-state index is 0.295. The summed E-state index contributed by atoms with van der Waals surface area (Å²) in [5.41, 5.74) is 7.44. The van der Waals surface area contributed by atoms with Crippen LogP contribution in [0, 0.1) is 11.6 Å². The van der Waals surface area contributed by atoms with Crippen LogP contribution in [0.4, 0.5) is 8.78 Å². The molecule has 1 atom stereocenters. The van der Waals surface area contributed by atoms with E-state index in [0.29, 0.717) is 12.0 Å². The lowest BCUT2D eigenvalue weighted by molar-refractivity contribution is 0.563. The molecule has 0 amide bonds. The van der Waals surface area contributed by atoms with Gasteiger partial charge in [-0.3, -0.25) is 0 Å². The lowest BCUT2D eigenvalue weighted by Crippen LogP contribution is -2.14. The van der Waals surface area contributed by atoms with Gasteiger partial charge < -0.3 is 5.73 Å². The van der Waals surface area contributed by atoms with Crippen molar-refractivity contribution in [2.75, 3.05) is 6.26 Å². The van der Waals surface area contributed by atoms with E-state index in [1.807, 2.05) is 30.5 Å². The van der Waals surface area contributed by atoms with Crippen molar-refractivity contribution in [1.82, 2.24) is 0 Å². The smallest absolute Gasteiger partial charge is 0.129 e. The Kier molecular flexibility index (Phi) is 4.56. The summed E-state index contributed by atoms with van der Waals surface area (Å²) in [5, 5.41) is 0. The monoisotopic (exact) mass is 279 g/mol. The molecule has 0 heterocycles. The highest BCUT2D eigenvalue weighted by atomic mass is 32.2. The highest BCUT2D eigenvalue weighted by molar-refractivity contribution is 7.98. The molecule has 0 aromatic heterocycles. The first-order chi connectivity index (χ1) is 9.10. The predicted octanol–water partition coefficient (Wildman–Crippen LogP) is 3.93. The van der Waals surface area contributed by atoms with E-state index in [1.54, 1.807) is 11.8 Å². The van der Waals surface area contributed by atoms with Gasteiger partial charge in [-0.1, -0.05) is 18.2 Å². The van der Waals surface area contributed by atoms with E-state index < -0.39 is 11.6 Å². The first-order valence-electron chi connectivity index (χ1n) is 5.93. The second kappa shape index (κ2) is 6.17. The number of halogens is 2. The molecule has 2 aromatic rings. The Hall–Kier alpha value is -1.39. The first-order valence-corrected chi connectivity index (χ1v) is 7.16. The van der Waals surface area contributed by atoms with Gasteiger partial charge in [0.1, 0.15) is 11.6 Å². The van der Waals surface area contributed by atoms with E-state index in [4.69, 9.17) is 5.73 Å². The van der Waals surface area contributed by atoms with Crippen molar-refractivity contribution in [3.8, 4) is 0 Å². The fraction of sp³-hybridized carbons (Fsp3) is 0.200. The molecule has 0 saturated carbocycles. The number of rotatable bonds is 4. The molecule has 0 aliphatic carbocycles. The van der Waals surface area contributed by atoms with Gasteiger partial charge in [-0.25, -0.2) is 8.78 Å². The van der Waals surface area contributed by atoms with Crippen molar-refractivity contribution in [2.24, 2.45) is 5.73 Å². The molecular formula is C15H15F2NS. The van der Waals surface area contributed by atoms with Gasteiger partial charge in [0.25, 0.3) is 0 Å². The molecule has 4 heteroatoms. The summed E-state index contributed by atoms with van der Waals surface area (Å²) < 4.78 is 26.4. The molecule has 0 bridgehead atoms. The zero-order chi connectivity index (χ0) is 13.8. The van der Waals surface area contributed by atoms with Crippen molar-refractivity contribution in [1.29, 1.82) is 0 Å². The van der Waals surface area contributed by atoms with Crippen LogP contribution in [0.1, 0.15) is 17.2 Å². The summed E-state index contributed by atoms with van der Waals surface area (Å²) in [4.78, 5) is 1.16. The summed E-state index contributed by atoms with van der Waals surface area (Å²) in [5.74, 6) is -1.12. The van der Waals surface area contributed by atoms with E-state index >= 15 is 0 Å². The van der Waals surface area contributed by atoms with Crippen LogP contribution in [0.5, 0.6) is 0 Å². The maximum atomic E-state index is 13.5. The molecule has 0 spiro atoms. The van der Waals surface area contributed by atoms with Gasteiger partial charge in [0, 0.05) is 17.0 Å². The van der Waals surface area contributed by atoms with Gasteiger partial charge in [-0.2, -0.15) is 0 Å². The minimum Gasteiger partial charge on any atom is -0.324 e. The first kappa shape index (κ1) is 14.0. The molecule has 1 unspecified atom stereocenters. The Labute approximate surface area is 115 Å². The molecule has 19 heavy (non-hydrogen) atoms. The highest BCUT2D eigenvalue weighted by Crippen LogP contribution is 2.21. The average Bonchev–Trinajstić information content (AvgIpc) is 2.42.